The van der Waals surface area contributed by atoms with Crippen molar-refractivity contribution in [3.8, 4) is 0 Å². The molecule has 2 saturated heterocycles. The van der Waals surface area contributed by atoms with E-state index in [4.69, 9.17) is 9.47 Å². The van der Waals surface area contributed by atoms with Gasteiger partial charge in [-0.05, 0) is 39.8 Å². The number of piperidine rings is 1. The molecule has 0 bridgehead atoms. The summed E-state index contributed by atoms with van der Waals surface area (Å²) in [6.07, 6.45) is 1.83. The molecule has 0 amide bonds. The third-order valence-corrected chi connectivity index (χ3v) is 5.98. The molecule has 2 aliphatic heterocycles. The van der Waals surface area contributed by atoms with Crippen molar-refractivity contribution in [2.45, 2.75) is 32.3 Å². The van der Waals surface area contributed by atoms with E-state index in [9.17, 15) is 8.42 Å². The summed E-state index contributed by atoms with van der Waals surface area (Å²) in [5, 5.41) is 3.31. The first-order valence-corrected chi connectivity index (χ1v) is 9.31. The van der Waals surface area contributed by atoms with Crippen LogP contribution in [0.25, 0.3) is 0 Å². The van der Waals surface area contributed by atoms with Gasteiger partial charge in [-0.15, -0.1) is 0 Å². The van der Waals surface area contributed by atoms with Gasteiger partial charge >= 0.3 is 0 Å². The first-order chi connectivity index (χ1) is 10.3. The lowest BCUT2D eigenvalue weighted by atomic mass is 9.80. The fourth-order valence-corrected chi connectivity index (χ4v) is 4.62. The molecule has 2 fully saturated rings. The maximum atomic E-state index is 12.6. The van der Waals surface area contributed by atoms with Gasteiger partial charge in [-0.25, -0.2) is 4.72 Å². The fourth-order valence-electron chi connectivity index (χ4n) is 3.15. The summed E-state index contributed by atoms with van der Waals surface area (Å²) >= 11 is 0. The molecule has 7 nitrogen and oxygen atoms in total. The largest absolute Gasteiger partial charge is 0.384 e. The van der Waals surface area contributed by atoms with Gasteiger partial charge in [0.05, 0.1) is 18.8 Å². The Morgan fingerprint density at radius 2 is 2.00 bits per heavy atom. The number of rotatable bonds is 6. The Morgan fingerprint density at radius 3 is 2.59 bits per heavy atom. The average molecular weight is 335 g/mol. The van der Waals surface area contributed by atoms with Crippen LogP contribution in [0.5, 0.6) is 0 Å². The van der Waals surface area contributed by atoms with Gasteiger partial charge in [-0.2, -0.15) is 12.7 Å². The Labute approximate surface area is 133 Å². The number of nitrogens with zero attached hydrogens (tertiary/aromatic N) is 1. The van der Waals surface area contributed by atoms with Gasteiger partial charge < -0.3 is 14.8 Å². The zero-order valence-electron chi connectivity index (χ0n) is 13.9. The van der Waals surface area contributed by atoms with Crippen LogP contribution >= 0.6 is 0 Å². The topological polar surface area (TPSA) is 79.9 Å². The first kappa shape index (κ1) is 18.1. The Kier molecular flexibility index (Phi) is 5.84. The predicted molar refractivity (Wildman–Crippen MR) is 84.9 cm³/mol. The minimum atomic E-state index is -3.48. The highest BCUT2D eigenvalue weighted by atomic mass is 32.2. The third kappa shape index (κ3) is 4.62. The smallest absolute Gasteiger partial charge is 0.279 e. The van der Waals surface area contributed by atoms with Crippen molar-refractivity contribution in [2.24, 2.45) is 5.41 Å². The van der Waals surface area contributed by atoms with E-state index in [2.05, 4.69) is 10.0 Å². The summed E-state index contributed by atoms with van der Waals surface area (Å²) in [7, 11) is -1.81. The summed E-state index contributed by atoms with van der Waals surface area (Å²) < 4.78 is 40.3. The van der Waals surface area contributed by atoms with Crippen molar-refractivity contribution in [1.29, 1.82) is 0 Å². The maximum Gasteiger partial charge on any atom is 0.279 e. The zero-order valence-corrected chi connectivity index (χ0v) is 14.7. The van der Waals surface area contributed by atoms with Crippen LogP contribution in [-0.2, 0) is 19.7 Å². The molecule has 0 aromatic rings. The summed E-state index contributed by atoms with van der Waals surface area (Å²) in [6, 6.07) is 0. The first-order valence-electron chi connectivity index (χ1n) is 7.87. The molecular weight excluding hydrogens is 306 g/mol. The molecule has 0 unspecified atom stereocenters. The highest BCUT2D eigenvalue weighted by molar-refractivity contribution is 7.87. The average Bonchev–Trinajstić information content (AvgIpc) is 2.46. The summed E-state index contributed by atoms with van der Waals surface area (Å²) in [6.45, 7) is 7.82. The monoisotopic (exact) mass is 335 g/mol. The second-order valence-electron chi connectivity index (χ2n) is 6.95. The Hall–Kier alpha value is -0.250. The van der Waals surface area contributed by atoms with Gasteiger partial charge in [0.25, 0.3) is 10.2 Å². The second kappa shape index (κ2) is 7.11. The molecule has 0 atom stereocenters. The molecule has 0 spiro atoms. The molecule has 8 heteroatoms. The van der Waals surface area contributed by atoms with E-state index in [1.165, 1.54) is 4.31 Å². The van der Waals surface area contributed by atoms with E-state index < -0.39 is 15.8 Å². The molecule has 2 rings (SSSR count). The van der Waals surface area contributed by atoms with E-state index in [0.717, 1.165) is 25.9 Å². The number of hydrogen-bond acceptors (Lipinski definition) is 5. The standard InChI is InChI=1S/C14H29N3O4S/c1-13(2)11-17(8-9-21-13)22(18,19)16-10-14(12-20-3)4-6-15-7-5-14/h15-16H,4-12H2,1-3H3. The van der Waals surface area contributed by atoms with Crippen molar-refractivity contribution in [1.82, 2.24) is 14.3 Å². The molecule has 22 heavy (non-hydrogen) atoms. The molecule has 2 aliphatic rings. The maximum absolute atomic E-state index is 12.6. The van der Waals surface area contributed by atoms with Crippen molar-refractivity contribution >= 4 is 10.2 Å². The number of methoxy groups -OCH3 is 1. The van der Waals surface area contributed by atoms with Crippen LogP contribution in [0.1, 0.15) is 26.7 Å². The minimum absolute atomic E-state index is 0.116. The lowest BCUT2D eigenvalue weighted by molar-refractivity contribution is -0.0644. The van der Waals surface area contributed by atoms with Crippen molar-refractivity contribution in [3.05, 3.63) is 0 Å². The highest BCUT2D eigenvalue weighted by Crippen LogP contribution is 2.29. The van der Waals surface area contributed by atoms with E-state index in [0.29, 0.717) is 32.8 Å². The van der Waals surface area contributed by atoms with Gasteiger partial charge in [0, 0.05) is 32.2 Å². The molecule has 0 aromatic carbocycles. The summed E-state index contributed by atoms with van der Waals surface area (Å²) in [5.41, 5.74) is -0.555. The normalized spacial score (nSPS) is 26.0. The number of ether oxygens (including phenoxy) is 2. The van der Waals surface area contributed by atoms with E-state index >= 15 is 0 Å². The van der Waals surface area contributed by atoms with Crippen LogP contribution in [0.2, 0.25) is 0 Å². The number of morpholine rings is 1. The number of nitrogens with one attached hydrogen (secondary N) is 2. The van der Waals surface area contributed by atoms with Gasteiger partial charge in [0.1, 0.15) is 0 Å². The Morgan fingerprint density at radius 1 is 1.32 bits per heavy atom. The zero-order chi connectivity index (χ0) is 16.3. The lowest BCUT2D eigenvalue weighted by Gasteiger charge is -2.40. The summed E-state index contributed by atoms with van der Waals surface area (Å²) in [5.74, 6) is 0. The Balaban J connectivity index is 1.98. The van der Waals surface area contributed by atoms with Crippen molar-refractivity contribution in [3.63, 3.8) is 0 Å². The molecule has 130 valence electrons. The van der Waals surface area contributed by atoms with E-state index in [-0.39, 0.29) is 5.41 Å². The summed E-state index contributed by atoms with van der Waals surface area (Å²) in [4.78, 5) is 0. The molecule has 0 aliphatic carbocycles. The van der Waals surface area contributed by atoms with Crippen LogP contribution in [0.4, 0.5) is 0 Å². The second-order valence-corrected chi connectivity index (χ2v) is 8.71. The van der Waals surface area contributed by atoms with Crippen molar-refractivity contribution < 1.29 is 17.9 Å². The Bertz CT molecular complexity index is 455. The van der Waals surface area contributed by atoms with Crippen molar-refractivity contribution in [2.75, 3.05) is 53.0 Å². The van der Waals surface area contributed by atoms with E-state index in [1.807, 2.05) is 13.8 Å². The SMILES string of the molecule is COCC1(CNS(=O)(=O)N2CCOC(C)(C)C2)CCNCC1. The van der Waals surface area contributed by atoms with Crippen LogP contribution < -0.4 is 10.0 Å². The minimum Gasteiger partial charge on any atom is -0.384 e. The third-order valence-electron chi connectivity index (χ3n) is 4.47. The molecular formula is C14H29N3O4S. The van der Waals surface area contributed by atoms with Gasteiger partial charge in [0.15, 0.2) is 0 Å². The molecule has 0 aromatic heterocycles. The van der Waals surface area contributed by atoms with E-state index in [1.54, 1.807) is 7.11 Å². The molecule has 0 saturated carbocycles. The molecule has 2 heterocycles. The van der Waals surface area contributed by atoms with Crippen LogP contribution in [0.3, 0.4) is 0 Å². The highest BCUT2D eigenvalue weighted by Gasteiger charge is 2.37. The quantitative estimate of drug-likeness (QED) is 0.711. The van der Waals surface area contributed by atoms with Crippen LogP contribution in [0, 0.1) is 5.41 Å². The fraction of sp³-hybridized carbons (Fsp3) is 1.00. The number of hydrogen-bond donors (Lipinski definition) is 2. The molecule has 0 radical (unpaired) electrons. The van der Waals surface area contributed by atoms with Gasteiger partial charge in [-0.3, -0.25) is 0 Å². The lowest BCUT2D eigenvalue weighted by Crippen LogP contribution is -2.55. The molecule has 2 N–H and O–H groups in total. The van der Waals surface area contributed by atoms with Gasteiger partial charge in [0.2, 0.25) is 0 Å². The van der Waals surface area contributed by atoms with Gasteiger partial charge in [-0.1, -0.05) is 0 Å². The van der Waals surface area contributed by atoms with Crippen LogP contribution in [-0.4, -0.2) is 71.4 Å². The predicted octanol–water partition coefficient (Wildman–Crippen LogP) is -0.0522. The van der Waals surface area contributed by atoms with Crippen LogP contribution in [0.15, 0.2) is 0 Å².